The lowest BCUT2D eigenvalue weighted by atomic mass is 10.1. The summed E-state index contributed by atoms with van der Waals surface area (Å²) in [4.78, 5) is 47.2. The number of amides is 2. The second-order valence-corrected chi connectivity index (χ2v) is 6.82. The summed E-state index contributed by atoms with van der Waals surface area (Å²) in [5, 5.41) is 10.7. The molecule has 1 aliphatic rings. The lowest BCUT2D eigenvalue weighted by Gasteiger charge is -2.09. The topological polar surface area (TPSA) is 120 Å². The van der Waals surface area contributed by atoms with E-state index in [9.17, 15) is 24.5 Å². The molecule has 0 aliphatic carbocycles. The third-order valence-electron chi connectivity index (χ3n) is 3.90. The highest BCUT2D eigenvalue weighted by Crippen LogP contribution is 2.35. The Hall–Kier alpha value is -3.40. The zero-order valence-electron chi connectivity index (χ0n) is 14.8. The molecule has 1 aromatic carbocycles. The van der Waals surface area contributed by atoms with E-state index in [1.165, 1.54) is 18.2 Å². The molecule has 2 amide bonds. The fourth-order valence-corrected chi connectivity index (χ4v) is 3.35. The van der Waals surface area contributed by atoms with Gasteiger partial charge >= 0.3 is 5.97 Å². The molecule has 1 aromatic heterocycles. The van der Waals surface area contributed by atoms with Crippen LogP contribution in [0.4, 0.5) is 10.5 Å². The number of furan rings is 1. The first-order valence-corrected chi connectivity index (χ1v) is 8.79. The average molecular weight is 402 g/mol. The standard InChI is InChI=1S/C18H14N2O7S/c1-10-3-5-12(13(7-10)20(24)25)14-6-4-11(27-14)8-15-17(22)19(18(23)28-15)9-16(21)26-2/h3-8H,9H2,1-2H3/b15-8-. The number of nitro groups is 1. The van der Waals surface area contributed by atoms with Crippen LogP contribution in [-0.4, -0.2) is 40.6 Å². The van der Waals surface area contributed by atoms with Crippen LogP contribution in [0.1, 0.15) is 11.3 Å². The first kappa shape index (κ1) is 19.4. The lowest BCUT2D eigenvalue weighted by Crippen LogP contribution is -2.34. The van der Waals surface area contributed by atoms with E-state index in [4.69, 9.17) is 4.42 Å². The molecule has 0 saturated carbocycles. The third-order valence-corrected chi connectivity index (χ3v) is 4.81. The van der Waals surface area contributed by atoms with Gasteiger partial charge in [0, 0.05) is 12.1 Å². The third kappa shape index (κ3) is 3.81. The Morgan fingerprint density at radius 1 is 1.32 bits per heavy atom. The van der Waals surface area contributed by atoms with E-state index in [0.717, 1.165) is 17.6 Å². The van der Waals surface area contributed by atoms with Crippen molar-refractivity contribution in [2.45, 2.75) is 6.92 Å². The average Bonchev–Trinajstić information content (AvgIpc) is 3.22. The van der Waals surface area contributed by atoms with E-state index in [2.05, 4.69) is 4.74 Å². The van der Waals surface area contributed by atoms with Crippen LogP contribution in [0, 0.1) is 17.0 Å². The highest BCUT2D eigenvalue weighted by atomic mass is 32.2. The molecule has 0 unspecified atom stereocenters. The normalized spacial score (nSPS) is 15.4. The first-order chi connectivity index (χ1) is 13.3. The minimum Gasteiger partial charge on any atom is -0.468 e. The van der Waals surface area contributed by atoms with E-state index in [-0.39, 0.29) is 22.1 Å². The van der Waals surface area contributed by atoms with Gasteiger partial charge in [0.05, 0.1) is 22.5 Å². The summed E-state index contributed by atoms with van der Waals surface area (Å²) >= 11 is 0.667. The molecule has 1 fully saturated rings. The molecular weight excluding hydrogens is 388 g/mol. The van der Waals surface area contributed by atoms with Gasteiger partial charge in [-0.3, -0.25) is 29.4 Å². The Kier molecular flexibility index (Phi) is 5.32. The number of carbonyl (C=O) groups is 3. The van der Waals surface area contributed by atoms with Gasteiger partial charge in [-0.15, -0.1) is 0 Å². The molecule has 2 heterocycles. The fourth-order valence-electron chi connectivity index (χ4n) is 2.54. The van der Waals surface area contributed by atoms with Crippen molar-refractivity contribution in [1.29, 1.82) is 0 Å². The van der Waals surface area contributed by atoms with Crippen LogP contribution in [0.25, 0.3) is 17.4 Å². The summed E-state index contributed by atoms with van der Waals surface area (Å²) in [6.07, 6.45) is 1.35. The maximum Gasteiger partial charge on any atom is 0.325 e. The van der Waals surface area contributed by atoms with Crippen LogP contribution >= 0.6 is 11.8 Å². The molecular formula is C18H14N2O7S. The SMILES string of the molecule is COC(=O)CN1C(=O)S/C(=C\c2ccc(-c3ccc(C)cc3[N+](=O)[O-])o2)C1=O. The summed E-state index contributed by atoms with van der Waals surface area (Å²) in [6.45, 7) is 1.27. The maximum absolute atomic E-state index is 12.3. The Morgan fingerprint density at radius 2 is 2.07 bits per heavy atom. The number of nitrogens with zero attached hydrogens (tertiary/aromatic N) is 2. The van der Waals surface area contributed by atoms with Crippen molar-refractivity contribution >= 4 is 40.6 Å². The molecule has 28 heavy (non-hydrogen) atoms. The van der Waals surface area contributed by atoms with Crippen LogP contribution in [0.2, 0.25) is 0 Å². The van der Waals surface area contributed by atoms with E-state index in [1.807, 2.05) is 0 Å². The molecule has 0 N–H and O–H groups in total. The van der Waals surface area contributed by atoms with Gasteiger partial charge in [-0.25, -0.2) is 0 Å². The van der Waals surface area contributed by atoms with Gasteiger partial charge < -0.3 is 9.15 Å². The predicted molar refractivity (Wildman–Crippen MR) is 100 cm³/mol. The zero-order valence-corrected chi connectivity index (χ0v) is 15.6. The van der Waals surface area contributed by atoms with Crippen LogP contribution in [0.15, 0.2) is 39.7 Å². The maximum atomic E-state index is 12.3. The number of imide groups is 1. The number of hydrogen-bond acceptors (Lipinski definition) is 8. The molecule has 3 rings (SSSR count). The molecule has 144 valence electrons. The number of thioether (sulfide) groups is 1. The van der Waals surface area contributed by atoms with E-state index in [1.54, 1.807) is 25.1 Å². The molecule has 0 spiro atoms. The highest BCUT2D eigenvalue weighted by molar-refractivity contribution is 8.18. The van der Waals surface area contributed by atoms with Crippen LogP contribution in [0.3, 0.4) is 0 Å². The largest absolute Gasteiger partial charge is 0.468 e. The molecule has 0 atom stereocenters. The van der Waals surface area contributed by atoms with E-state index < -0.39 is 28.6 Å². The quantitative estimate of drug-likeness (QED) is 0.323. The number of rotatable bonds is 5. The zero-order chi connectivity index (χ0) is 20.4. The summed E-state index contributed by atoms with van der Waals surface area (Å²) < 4.78 is 10.1. The minimum atomic E-state index is -0.712. The van der Waals surface area contributed by atoms with Gasteiger partial charge in [0.15, 0.2) is 0 Å². The van der Waals surface area contributed by atoms with E-state index >= 15 is 0 Å². The Balaban J connectivity index is 1.88. The smallest absolute Gasteiger partial charge is 0.325 e. The van der Waals surface area contributed by atoms with Crippen molar-refractivity contribution in [2.24, 2.45) is 0 Å². The number of ether oxygens (including phenoxy) is 1. The van der Waals surface area contributed by atoms with Crippen LogP contribution in [0.5, 0.6) is 0 Å². The molecule has 0 radical (unpaired) electrons. The number of esters is 1. The van der Waals surface area contributed by atoms with Crippen molar-refractivity contribution in [3.63, 3.8) is 0 Å². The molecule has 9 nitrogen and oxygen atoms in total. The lowest BCUT2D eigenvalue weighted by molar-refractivity contribution is -0.384. The number of benzene rings is 1. The van der Waals surface area contributed by atoms with E-state index in [0.29, 0.717) is 17.3 Å². The Morgan fingerprint density at radius 3 is 2.75 bits per heavy atom. The van der Waals surface area contributed by atoms with Crippen molar-refractivity contribution in [3.8, 4) is 11.3 Å². The second kappa shape index (κ2) is 7.69. The molecule has 1 saturated heterocycles. The molecule has 0 bridgehead atoms. The molecule has 2 aromatic rings. The van der Waals surface area contributed by atoms with Crippen molar-refractivity contribution in [2.75, 3.05) is 13.7 Å². The number of carbonyl (C=O) groups excluding carboxylic acids is 3. The van der Waals surface area contributed by atoms with Gasteiger partial charge in [0.2, 0.25) is 0 Å². The van der Waals surface area contributed by atoms with Gasteiger partial charge in [-0.05, 0) is 42.4 Å². The fraction of sp³-hybridized carbons (Fsp3) is 0.167. The summed E-state index contributed by atoms with van der Waals surface area (Å²) in [5.74, 6) is -0.852. The predicted octanol–water partition coefficient (Wildman–Crippen LogP) is 3.37. The van der Waals surface area contributed by atoms with Gasteiger partial charge in [0.1, 0.15) is 18.1 Å². The summed E-state index contributed by atoms with van der Waals surface area (Å²) in [7, 11) is 1.16. The number of hydrogen-bond donors (Lipinski definition) is 0. The Labute approximate surface area is 163 Å². The second-order valence-electron chi connectivity index (χ2n) is 5.82. The minimum absolute atomic E-state index is 0.0770. The van der Waals surface area contributed by atoms with Crippen molar-refractivity contribution in [3.05, 3.63) is 56.7 Å². The van der Waals surface area contributed by atoms with Crippen LogP contribution in [-0.2, 0) is 14.3 Å². The monoisotopic (exact) mass is 402 g/mol. The van der Waals surface area contributed by atoms with Crippen molar-refractivity contribution in [1.82, 2.24) is 4.90 Å². The summed E-state index contributed by atoms with van der Waals surface area (Å²) in [5.41, 5.74) is 0.940. The van der Waals surface area contributed by atoms with Gasteiger partial charge in [-0.1, -0.05) is 6.07 Å². The molecule has 10 heteroatoms. The van der Waals surface area contributed by atoms with Crippen LogP contribution < -0.4 is 0 Å². The van der Waals surface area contributed by atoms with Gasteiger partial charge in [-0.2, -0.15) is 0 Å². The van der Waals surface area contributed by atoms with Crippen molar-refractivity contribution < 1.29 is 28.5 Å². The van der Waals surface area contributed by atoms with Gasteiger partial charge in [0.25, 0.3) is 16.8 Å². The highest BCUT2D eigenvalue weighted by Gasteiger charge is 2.36. The summed E-state index contributed by atoms with van der Waals surface area (Å²) in [6, 6.07) is 7.83. The first-order valence-electron chi connectivity index (χ1n) is 7.97. The number of nitro benzene ring substituents is 1. The number of methoxy groups -OCH3 is 1. The molecule has 1 aliphatic heterocycles. The number of aryl methyl sites for hydroxylation is 1. The Bertz CT molecular complexity index is 1020.